The second-order valence-electron chi connectivity index (χ2n) is 8.85. The molecule has 7 nitrogen and oxygen atoms in total. The van der Waals surface area contributed by atoms with Crippen molar-refractivity contribution in [3.05, 3.63) is 45.7 Å². The van der Waals surface area contributed by atoms with Crippen LogP contribution in [0.4, 0.5) is 19.0 Å². The second kappa shape index (κ2) is 8.94. The van der Waals surface area contributed by atoms with Gasteiger partial charge in [0.15, 0.2) is 16.6 Å². The number of fused-ring (bicyclic) bond motifs is 1. The van der Waals surface area contributed by atoms with E-state index in [9.17, 15) is 13.2 Å². The number of alkyl halides is 3. The highest BCUT2D eigenvalue weighted by atomic mass is 32.1. The summed E-state index contributed by atoms with van der Waals surface area (Å²) in [7, 11) is 3.96. The molecule has 2 aromatic heterocycles. The average molecular weight is 480 g/mol. The van der Waals surface area contributed by atoms with Gasteiger partial charge in [0.25, 0.3) is 0 Å². The normalized spacial score (nSPS) is 18.4. The number of nitrogens with one attached hydrogen (secondary N) is 2. The van der Waals surface area contributed by atoms with Gasteiger partial charge in [-0.2, -0.15) is 23.4 Å². The van der Waals surface area contributed by atoms with Crippen LogP contribution in [0.25, 0.3) is 11.5 Å². The first-order chi connectivity index (χ1) is 15.5. The molecule has 0 saturated carbocycles. The molecule has 2 atom stereocenters. The molecule has 0 saturated heterocycles. The fraction of sp³-hybridized carbons (Fsp3) is 0.500. The zero-order valence-corrected chi connectivity index (χ0v) is 19.9. The van der Waals surface area contributed by atoms with E-state index in [4.69, 9.17) is 12.2 Å². The van der Waals surface area contributed by atoms with Gasteiger partial charge in [-0.3, -0.25) is 9.67 Å². The summed E-state index contributed by atoms with van der Waals surface area (Å²) in [6.07, 6.45) is -3.76. The van der Waals surface area contributed by atoms with Gasteiger partial charge in [-0.05, 0) is 69.8 Å². The van der Waals surface area contributed by atoms with E-state index in [0.717, 1.165) is 34.3 Å². The van der Waals surface area contributed by atoms with Crippen molar-refractivity contribution >= 4 is 18.0 Å². The molecule has 33 heavy (non-hydrogen) atoms. The number of nitrogens with zero attached hydrogens (tertiary/aromatic N) is 5. The Kier molecular flexibility index (Phi) is 6.37. The van der Waals surface area contributed by atoms with Crippen LogP contribution in [0.3, 0.4) is 0 Å². The molecular weight excluding hydrogens is 451 g/mol. The number of benzene rings is 1. The van der Waals surface area contributed by atoms with Gasteiger partial charge in [0, 0.05) is 19.0 Å². The maximum Gasteiger partial charge on any atom is 0.410 e. The minimum absolute atomic E-state index is 0.143. The third-order valence-electron chi connectivity index (χ3n) is 6.10. The van der Waals surface area contributed by atoms with Crippen LogP contribution in [0.5, 0.6) is 0 Å². The Hall–Kier alpha value is -2.66. The van der Waals surface area contributed by atoms with Crippen molar-refractivity contribution in [3.8, 4) is 11.5 Å². The van der Waals surface area contributed by atoms with Crippen LogP contribution in [-0.4, -0.2) is 56.3 Å². The Labute approximate surface area is 195 Å². The minimum Gasteiger partial charge on any atom is -0.363 e. The molecule has 0 fully saturated rings. The van der Waals surface area contributed by atoms with Crippen molar-refractivity contribution in [2.45, 2.75) is 51.5 Å². The first-order valence-corrected chi connectivity index (χ1v) is 11.3. The highest BCUT2D eigenvalue weighted by Gasteiger charge is 2.46. The van der Waals surface area contributed by atoms with Gasteiger partial charge in [0.05, 0.1) is 6.04 Å². The molecule has 11 heteroatoms. The van der Waals surface area contributed by atoms with Crippen LogP contribution in [0.2, 0.25) is 0 Å². The summed E-state index contributed by atoms with van der Waals surface area (Å²) in [5, 5.41) is 14.6. The van der Waals surface area contributed by atoms with E-state index in [1.54, 1.807) is 10.6 Å². The maximum absolute atomic E-state index is 14.1. The Morgan fingerprint density at radius 3 is 2.61 bits per heavy atom. The first-order valence-electron chi connectivity index (χ1n) is 10.8. The zero-order chi connectivity index (χ0) is 23.9. The number of rotatable bonds is 6. The van der Waals surface area contributed by atoms with Crippen LogP contribution in [0, 0.1) is 18.6 Å². The molecule has 0 bridgehead atoms. The lowest BCUT2D eigenvalue weighted by Gasteiger charge is -2.33. The summed E-state index contributed by atoms with van der Waals surface area (Å²) in [6, 6.07) is 5.18. The molecule has 0 unspecified atom stereocenters. The highest BCUT2D eigenvalue weighted by Crippen LogP contribution is 2.44. The predicted octanol–water partition coefficient (Wildman–Crippen LogP) is 5.03. The van der Waals surface area contributed by atoms with Crippen LogP contribution in [-0.2, 0) is 6.54 Å². The van der Waals surface area contributed by atoms with Gasteiger partial charge in [0.1, 0.15) is 11.5 Å². The average Bonchev–Trinajstić information content (AvgIpc) is 3.31. The molecule has 178 valence electrons. The van der Waals surface area contributed by atoms with Crippen LogP contribution < -0.4 is 5.32 Å². The standard InChI is InChI=1S/C22H28F3N7S/c1-13-6-7-15(10-14(13)2)16-11-18(22(23,24)25)32-19(26-16)12-17(29-32)20-27-28-21(33)31(20)9-5-8-30(3)4/h6-7,10,12,16,18,26H,5,8-9,11H2,1-4H3,(H,28,33)/t16-,18+/m0/s1. The summed E-state index contributed by atoms with van der Waals surface area (Å²) in [5.41, 5.74) is 3.33. The monoisotopic (exact) mass is 479 g/mol. The largest absolute Gasteiger partial charge is 0.410 e. The molecule has 0 spiro atoms. The van der Waals surface area contributed by atoms with Gasteiger partial charge in [-0.25, -0.2) is 4.68 Å². The Bertz CT molecular complexity index is 1190. The van der Waals surface area contributed by atoms with Gasteiger partial charge in [0.2, 0.25) is 0 Å². The summed E-state index contributed by atoms with van der Waals surface area (Å²) < 4.78 is 45.4. The fourth-order valence-electron chi connectivity index (χ4n) is 4.15. The number of H-pyrrole nitrogens is 1. The molecule has 2 N–H and O–H groups in total. The van der Waals surface area contributed by atoms with Crippen molar-refractivity contribution in [1.82, 2.24) is 29.4 Å². The summed E-state index contributed by atoms with van der Waals surface area (Å²) in [6.45, 7) is 5.39. The topological polar surface area (TPSA) is 66.7 Å². The lowest BCUT2D eigenvalue weighted by molar-refractivity contribution is -0.173. The second-order valence-corrected chi connectivity index (χ2v) is 9.24. The van der Waals surface area contributed by atoms with Crippen LogP contribution >= 0.6 is 12.2 Å². The van der Waals surface area contributed by atoms with Gasteiger partial charge in [-0.1, -0.05) is 18.2 Å². The molecular formula is C22H28F3N7S. The lowest BCUT2D eigenvalue weighted by atomic mass is 9.94. The number of aryl methyl sites for hydroxylation is 2. The van der Waals surface area contributed by atoms with Crippen molar-refractivity contribution in [3.63, 3.8) is 0 Å². The Balaban J connectivity index is 1.70. The Morgan fingerprint density at radius 1 is 1.18 bits per heavy atom. The van der Waals surface area contributed by atoms with Crippen molar-refractivity contribution in [2.75, 3.05) is 26.0 Å². The number of halogens is 3. The molecule has 1 aliphatic heterocycles. The number of anilines is 1. The summed E-state index contributed by atoms with van der Waals surface area (Å²) >= 11 is 5.35. The fourth-order valence-corrected chi connectivity index (χ4v) is 4.37. The number of aromatic amines is 1. The highest BCUT2D eigenvalue weighted by molar-refractivity contribution is 7.71. The van der Waals surface area contributed by atoms with E-state index in [1.807, 2.05) is 46.1 Å². The van der Waals surface area contributed by atoms with Crippen molar-refractivity contribution in [1.29, 1.82) is 0 Å². The van der Waals surface area contributed by atoms with E-state index in [1.165, 1.54) is 0 Å². The molecule has 1 aliphatic rings. The van der Waals surface area contributed by atoms with Gasteiger partial charge in [-0.15, -0.1) is 0 Å². The predicted molar refractivity (Wildman–Crippen MR) is 124 cm³/mol. The van der Waals surface area contributed by atoms with E-state index in [2.05, 4.69) is 25.5 Å². The third kappa shape index (κ3) is 4.84. The molecule has 1 aromatic carbocycles. The number of hydrogen-bond donors (Lipinski definition) is 2. The molecule has 0 aliphatic carbocycles. The van der Waals surface area contributed by atoms with Crippen LogP contribution in [0.1, 0.15) is 41.6 Å². The van der Waals surface area contributed by atoms with Crippen molar-refractivity contribution < 1.29 is 13.2 Å². The molecule has 0 radical (unpaired) electrons. The smallest absolute Gasteiger partial charge is 0.363 e. The maximum atomic E-state index is 14.1. The quantitative estimate of drug-likeness (QED) is 0.486. The van der Waals surface area contributed by atoms with Gasteiger partial charge >= 0.3 is 6.18 Å². The number of hydrogen-bond acceptors (Lipinski definition) is 5. The van der Waals surface area contributed by atoms with E-state index in [-0.39, 0.29) is 6.42 Å². The van der Waals surface area contributed by atoms with Crippen molar-refractivity contribution in [2.24, 2.45) is 0 Å². The van der Waals surface area contributed by atoms with E-state index < -0.39 is 18.3 Å². The molecule has 0 amide bonds. The molecule has 4 rings (SSSR count). The summed E-state index contributed by atoms with van der Waals surface area (Å²) in [5.74, 6) is 0.752. The first kappa shape index (κ1) is 23.5. The van der Waals surface area contributed by atoms with Crippen LogP contribution in [0.15, 0.2) is 24.3 Å². The molecule has 3 heterocycles. The lowest BCUT2D eigenvalue weighted by Crippen LogP contribution is -2.35. The summed E-state index contributed by atoms with van der Waals surface area (Å²) in [4.78, 5) is 2.06. The Morgan fingerprint density at radius 2 is 1.94 bits per heavy atom. The van der Waals surface area contributed by atoms with E-state index in [0.29, 0.717) is 28.7 Å². The zero-order valence-electron chi connectivity index (χ0n) is 19.1. The third-order valence-corrected chi connectivity index (χ3v) is 6.41. The number of aromatic nitrogens is 5. The molecule has 3 aromatic rings. The SMILES string of the molecule is Cc1ccc([C@@H]2C[C@H](C(F)(F)F)n3nc(-c4n[nH]c(=S)n4CCCN(C)C)cc3N2)cc1C. The van der Waals surface area contributed by atoms with E-state index >= 15 is 0 Å². The minimum atomic E-state index is -4.44. The van der Waals surface area contributed by atoms with Gasteiger partial charge < -0.3 is 10.2 Å².